The van der Waals surface area contributed by atoms with E-state index in [1.807, 2.05) is 6.26 Å². The summed E-state index contributed by atoms with van der Waals surface area (Å²) in [6.07, 6.45) is 4.41. The molecule has 192 valence electrons. The van der Waals surface area contributed by atoms with Crippen molar-refractivity contribution in [1.82, 2.24) is 15.5 Å². The molecule has 0 fully saturated rings. The lowest BCUT2D eigenvalue weighted by atomic mass is 9.99. The fraction of sp³-hybridized carbons (Fsp3) is 0.640. The van der Waals surface area contributed by atoms with E-state index in [0.717, 1.165) is 19.3 Å². The van der Waals surface area contributed by atoms with Gasteiger partial charge in [-0.15, -0.1) is 0 Å². The number of amides is 3. The van der Waals surface area contributed by atoms with Gasteiger partial charge in [0.25, 0.3) is 0 Å². The molecule has 0 bridgehead atoms. The fourth-order valence-corrected chi connectivity index (χ4v) is 3.90. The number of nitrogens with zero attached hydrogens (tertiary/aromatic N) is 1. The van der Waals surface area contributed by atoms with Crippen molar-refractivity contribution in [3.63, 3.8) is 0 Å². The lowest BCUT2D eigenvalue weighted by molar-refractivity contribution is -0.140. The molecule has 0 aliphatic carbocycles. The number of benzene rings is 1. The number of likely N-dealkylation sites (N-methyl/N-ethyl adjacent to an activating group) is 1. The SMILES string of the molecule is CCCCCNC(=O)C(c1cccc(C)c1O)N(C)C(=O)C(CCSC)NC(=O)OC(C)(C)C. The van der Waals surface area contributed by atoms with E-state index < -0.39 is 29.7 Å². The van der Waals surface area contributed by atoms with Crippen LogP contribution in [0.3, 0.4) is 0 Å². The van der Waals surface area contributed by atoms with Gasteiger partial charge in [0.1, 0.15) is 23.4 Å². The molecule has 1 aromatic rings. The zero-order valence-corrected chi connectivity index (χ0v) is 22.4. The van der Waals surface area contributed by atoms with Gasteiger partial charge in [-0.3, -0.25) is 9.59 Å². The number of para-hydroxylation sites is 1. The predicted molar refractivity (Wildman–Crippen MR) is 137 cm³/mol. The van der Waals surface area contributed by atoms with Crippen molar-refractivity contribution >= 4 is 29.7 Å². The maximum absolute atomic E-state index is 13.5. The van der Waals surface area contributed by atoms with E-state index in [1.54, 1.807) is 57.7 Å². The number of nitrogens with one attached hydrogen (secondary N) is 2. The number of aromatic hydroxyl groups is 1. The Morgan fingerprint density at radius 3 is 2.47 bits per heavy atom. The highest BCUT2D eigenvalue weighted by atomic mass is 32.2. The van der Waals surface area contributed by atoms with Crippen molar-refractivity contribution < 1.29 is 24.2 Å². The Kier molecular flexibility index (Phi) is 12.3. The van der Waals surface area contributed by atoms with E-state index in [2.05, 4.69) is 17.6 Å². The number of phenolic OH excluding ortho intramolecular Hbond substituents is 1. The highest BCUT2D eigenvalue weighted by Crippen LogP contribution is 2.31. The average molecular weight is 496 g/mol. The molecular weight excluding hydrogens is 454 g/mol. The summed E-state index contributed by atoms with van der Waals surface area (Å²) in [5, 5.41) is 16.3. The molecule has 2 atom stereocenters. The molecule has 3 N–H and O–H groups in total. The van der Waals surface area contributed by atoms with Crippen molar-refractivity contribution in [2.24, 2.45) is 0 Å². The van der Waals surface area contributed by atoms with Crippen LogP contribution in [0.2, 0.25) is 0 Å². The van der Waals surface area contributed by atoms with Crippen molar-refractivity contribution in [3.8, 4) is 5.75 Å². The lowest BCUT2D eigenvalue weighted by Crippen LogP contribution is -2.52. The third-order valence-corrected chi connectivity index (χ3v) is 5.87. The summed E-state index contributed by atoms with van der Waals surface area (Å²) in [5.74, 6) is -0.219. The number of rotatable bonds is 12. The largest absolute Gasteiger partial charge is 0.507 e. The number of aryl methyl sites for hydroxylation is 1. The number of ether oxygens (including phenoxy) is 1. The van der Waals surface area contributed by atoms with Crippen LogP contribution in [0.15, 0.2) is 18.2 Å². The predicted octanol–water partition coefficient (Wildman–Crippen LogP) is 4.15. The molecule has 2 unspecified atom stereocenters. The molecule has 0 saturated carbocycles. The second kappa shape index (κ2) is 14.1. The van der Waals surface area contributed by atoms with Gasteiger partial charge in [-0.25, -0.2) is 4.79 Å². The standard InChI is InChI=1S/C25H41N3O5S/c1-8-9-10-15-26-22(30)20(18-13-11-12-17(2)21(18)29)28(6)23(31)19(14-16-34-7)27-24(32)33-25(3,4)5/h11-13,19-20,29H,8-10,14-16H2,1-7H3,(H,26,30)(H,27,32). The van der Waals surface area contributed by atoms with Crippen molar-refractivity contribution in [2.75, 3.05) is 25.6 Å². The van der Waals surface area contributed by atoms with Gasteiger partial charge in [0.2, 0.25) is 11.8 Å². The average Bonchev–Trinajstić information content (AvgIpc) is 2.75. The Hall–Kier alpha value is -2.42. The normalized spacial score (nSPS) is 13.0. The highest BCUT2D eigenvalue weighted by molar-refractivity contribution is 7.98. The van der Waals surface area contributed by atoms with E-state index in [9.17, 15) is 19.5 Å². The quantitative estimate of drug-likeness (QED) is 0.376. The van der Waals surface area contributed by atoms with Gasteiger partial charge in [0.15, 0.2) is 0 Å². The van der Waals surface area contributed by atoms with Crippen molar-refractivity contribution in [3.05, 3.63) is 29.3 Å². The smallest absolute Gasteiger partial charge is 0.408 e. The fourth-order valence-electron chi connectivity index (χ4n) is 3.43. The first-order chi connectivity index (χ1) is 15.9. The maximum atomic E-state index is 13.5. The molecule has 0 radical (unpaired) electrons. The monoisotopic (exact) mass is 495 g/mol. The van der Waals surface area contributed by atoms with Crippen LogP contribution < -0.4 is 10.6 Å². The molecule has 1 rings (SSSR count). The van der Waals surface area contributed by atoms with Gasteiger partial charge in [-0.2, -0.15) is 11.8 Å². The Labute approximate surface area is 208 Å². The second-order valence-corrected chi connectivity index (χ2v) is 10.3. The third kappa shape index (κ3) is 9.44. The molecule has 0 spiro atoms. The molecule has 0 aliphatic heterocycles. The number of hydrogen-bond acceptors (Lipinski definition) is 6. The Morgan fingerprint density at radius 2 is 1.88 bits per heavy atom. The van der Waals surface area contributed by atoms with Crippen LogP contribution in [0, 0.1) is 6.92 Å². The summed E-state index contributed by atoms with van der Waals surface area (Å²) in [4.78, 5) is 40.5. The zero-order valence-electron chi connectivity index (χ0n) is 21.6. The summed E-state index contributed by atoms with van der Waals surface area (Å²) >= 11 is 1.55. The van der Waals surface area contributed by atoms with E-state index >= 15 is 0 Å². The number of alkyl carbamates (subject to hydrolysis) is 1. The maximum Gasteiger partial charge on any atom is 0.408 e. The topological polar surface area (TPSA) is 108 Å². The summed E-state index contributed by atoms with van der Waals surface area (Å²) in [5.41, 5.74) is 0.231. The third-order valence-electron chi connectivity index (χ3n) is 5.23. The van der Waals surface area contributed by atoms with Crippen LogP contribution >= 0.6 is 11.8 Å². The highest BCUT2D eigenvalue weighted by Gasteiger charge is 2.35. The number of hydrogen-bond donors (Lipinski definition) is 3. The number of thioether (sulfide) groups is 1. The van der Waals surface area contributed by atoms with Gasteiger partial charge in [-0.1, -0.05) is 38.0 Å². The first-order valence-corrected chi connectivity index (χ1v) is 13.1. The summed E-state index contributed by atoms with van der Waals surface area (Å²) in [6.45, 7) is 9.53. The minimum absolute atomic E-state index is 0.0309. The summed E-state index contributed by atoms with van der Waals surface area (Å²) < 4.78 is 5.33. The zero-order chi connectivity index (χ0) is 25.9. The van der Waals surface area contributed by atoms with E-state index in [4.69, 9.17) is 4.74 Å². The summed E-state index contributed by atoms with van der Waals surface area (Å²) in [6, 6.07) is 3.19. The van der Waals surface area contributed by atoms with Crippen molar-refractivity contribution in [1.29, 1.82) is 0 Å². The minimum Gasteiger partial charge on any atom is -0.507 e. The van der Waals surface area contributed by atoms with Crippen LogP contribution in [-0.2, 0) is 14.3 Å². The molecule has 8 nitrogen and oxygen atoms in total. The van der Waals surface area contributed by atoms with Crippen molar-refractivity contribution in [2.45, 2.75) is 78.0 Å². The molecule has 34 heavy (non-hydrogen) atoms. The van der Waals surface area contributed by atoms with E-state index in [-0.39, 0.29) is 11.7 Å². The van der Waals surface area contributed by atoms with E-state index in [0.29, 0.717) is 29.8 Å². The van der Waals surface area contributed by atoms with Gasteiger partial charge in [-0.05, 0) is 58.1 Å². The molecule has 0 aromatic heterocycles. The van der Waals surface area contributed by atoms with Crippen LogP contribution in [0.5, 0.6) is 5.75 Å². The number of carbonyl (C=O) groups is 3. The van der Waals surface area contributed by atoms with Crippen LogP contribution in [0.4, 0.5) is 4.79 Å². The first kappa shape index (κ1) is 29.6. The molecule has 3 amide bonds. The van der Waals surface area contributed by atoms with E-state index in [1.165, 1.54) is 11.9 Å². The molecule has 9 heteroatoms. The van der Waals surface area contributed by atoms with Gasteiger partial charge in [0, 0.05) is 19.2 Å². The molecular formula is C25H41N3O5S. The van der Waals surface area contributed by atoms with Gasteiger partial charge < -0.3 is 25.4 Å². The molecule has 0 saturated heterocycles. The second-order valence-electron chi connectivity index (χ2n) is 9.34. The lowest BCUT2D eigenvalue weighted by Gasteiger charge is -2.32. The Morgan fingerprint density at radius 1 is 1.21 bits per heavy atom. The van der Waals surface area contributed by atoms with Crippen LogP contribution in [-0.4, -0.2) is 65.2 Å². The number of carbonyl (C=O) groups excluding carboxylic acids is 3. The minimum atomic E-state index is -1.05. The molecule has 0 aliphatic rings. The molecule has 1 aromatic carbocycles. The number of phenols is 1. The Bertz CT molecular complexity index is 825. The first-order valence-electron chi connectivity index (χ1n) is 11.7. The van der Waals surface area contributed by atoms with Crippen LogP contribution in [0.1, 0.15) is 70.5 Å². The number of unbranched alkanes of at least 4 members (excludes halogenated alkanes) is 2. The van der Waals surface area contributed by atoms with Gasteiger partial charge >= 0.3 is 6.09 Å². The summed E-state index contributed by atoms with van der Waals surface area (Å²) in [7, 11) is 1.52. The molecule has 0 heterocycles. The van der Waals surface area contributed by atoms with Gasteiger partial charge in [0.05, 0.1) is 0 Å². The Balaban J connectivity index is 3.23. The van der Waals surface area contributed by atoms with Crippen LogP contribution in [0.25, 0.3) is 0 Å².